The molecule has 0 bridgehead atoms. The number of hydrogen-bond acceptors (Lipinski definition) is 4. The number of rotatable bonds is 9. The summed E-state index contributed by atoms with van der Waals surface area (Å²) >= 11 is 8.25. The van der Waals surface area contributed by atoms with Crippen LogP contribution in [0.3, 0.4) is 0 Å². The van der Waals surface area contributed by atoms with Crippen molar-refractivity contribution in [1.82, 2.24) is 20.0 Å². The minimum atomic E-state index is 0.258. The molecular weight excluding hydrogens is 280 g/mol. The lowest BCUT2D eigenvalue weighted by Gasteiger charge is -2.19. The number of likely N-dealkylation sites (N-methyl/N-ethyl adjacent to an activating group) is 1. The van der Waals surface area contributed by atoms with E-state index in [2.05, 4.69) is 36.3 Å². The van der Waals surface area contributed by atoms with Crippen LogP contribution in [0.2, 0.25) is 5.02 Å². The molecule has 1 rings (SSSR count). The first kappa shape index (κ1) is 16.8. The molecule has 1 aromatic heterocycles. The second-order valence-electron chi connectivity index (χ2n) is 4.82. The van der Waals surface area contributed by atoms with E-state index < -0.39 is 0 Å². The summed E-state index contributed by atoms with van der Waals surface area (Å²) in [5, 5.41) is 8.51. The average molecular weight is 305 g/mol. The molecule has 0 saturated heterocycles. The summed E-state index contributed by atoms with van der Waals surface area (Å²) in [6.07, 6.45) is 2.95. The first-order valence-corrected chi connectivity index (χ1v) is 8.24. The number of nitrogens with zero attached hydrogens (tertiary/aromatic N) is 3. The minimum absolute atomic E-state index is 0.258. The van der Waals surface area contributed by atoms with Crippen molar-refractivity contribution in [3.05, 3.63) is 16.9 Å². The van der Waals surface area contributed by atoms with E-state index in [1.165, 1.54) is 12.2 Å². The molecule has 1 N–H and O–H groups in total. The lowest BCUT2D eigenvalue weighted by Crippen LogP contribution is -2.26. The summed E-state index contributed by atoms with van der Waals surface area (Å²) in [7, 11) is 6.12. The third kappa shape index (κ3) is 5.34. The number of aromatic nitrogens is 2. The van der Waals surface area contributed by atoms with Gasteiger partial charge in [0.2, 0.25) is 0 Å². The Hall–Kier alpha value is -0.230. The Labute approximate surface area is 125 Å². The molecule has 0 aliphatic heterocycles. The molecule has 1 heterocycles. The summed E-state index contributed by atoms with van der Waals surface area (Å²) in [4.78, 5) is 2.15. The van der Waals surface area contributed by atoms with Gasteiger partial charge in [0.25, 0.3) is 0 Å². The fourth-order valence-corrected chi connectivity index (χ4v) is 3.12. The van der Waals surface area contributed by atoms with Gasteiger partial charge in [-0.25, -0.2) is 0 Å². The molecule has 1 unspecified atom stereocenters. The second-order valence-corrected chi connectivity index (χ2v) is 6.38. The van der Waals surface area contributed by atoms with Gasteiger partial charge in [-0.3, -0.25) is 4.68 Å². The monoisotopic (exact) mass is 304 g/mol. The van der Waals surface area contributed by atoms with Gasteiger partial charge in [0.05, 0.1) is 29.5 Å². The van der Waals surface area contributed by atoms with Crippen LogP contribution in [0.15, 0.2) is 6.20 Å². The van der Waals surface area contributed by atoms with Crippen LogP contribution in [0.4, 0.5) is 0 Å². The minimum Gasteiger partial charge on any atom is -0.311 e. The SMILES string of the molecule is CCCSCC(NC)c1c(Cl)cnn1CCN(C)C. The van der Waals surface area contributed by atoms with E-state index in [0.717, 1.165) is 29.6 Å². The van der Waals surface area contributed by atoms with Crippen molar-refractivity contribution < 1.29 is 0 Å². The molecule has 19 heavy (non-hydrogen) atoms. The first-order valence-electron chi connectivity index (χ1n) is 6.71. The highest BCUT2D eigenvalue weighted by molar-refractivity contribution is 7.99. The van der Waals surface area contributed by atoms with Crippen LogP contribution in [0.1, 0.15) is 25.1 Å². The molecule has 4 nitrogen and oxygen atoms in total. The van der Waals surface area contributed by atoms with Crippen molar-refractivity contribution >= 4 is 23.4 Å². The predicted molar refractivity (Wildman–Crippen MR) is 85.2 cm³/mol. The zero-order chi connectivity index (χ0) is 14.3. The quantitative estimate of drug-likeness (QED) is 0.711. The van der Waals surface area contributed by atoms with Crippen LogP contribution in [-0.2, 0) is 6.54 Å². The molecule has 0 aliphatic carbocycles. The molecule has 110 valence electrons. The Morgan fingerprint density at radius 2 is 2.26 bits per heavy atom. The molecule has 6 heteroatoms. The molecule has 1 atom stereocenters. The Bertz CT molecular complexity index is 368. The van der Waals surface area contributed by atoms with E-state index in [1.54, 1.807) is 6.20 Å². The molecule has 0 aromatic carbocycles. The fraction of sp³-hybridized carbons (Fsp3) is 0.769. The van der Waals surface area contributed by atoms with Crippen LogP contribution in [0, 0.1) is 0 Å². The van der Waals surface area contributed by atoms with Gasteiger partial charge in [-0.05, 0) is 33.3 Å². The van der Waals surface area contributed by atoms with Crippen LogP contribution in [0.5, 0.6) is 0 Å². The molecule has 0 saturated carbocycles. The molecular formula is C13H25ClN4S. The molecule has 0 aliphatic rings. The maximum atomic E-state index is 6.30. The maximum Gasteiger partial charge on any atom is 0.0834 e. The second kappa shape index (κ2) is 8.84. The Balaban J connectivity index is 2.74. The van der Waals surface area contributed by atoms with Gasteiger partial charge in [0, 0.05) is 12.3 Å². The summed E-state index contributed by atoms with van der Waals surface area (Å²) in [6, 6.07) is 0.258. The Morgan fingerprint density at radius 3 is 2.84 bits per heavy atom. The number of hydrogen-bond donors (Lipinski definition) is 1. The summed E-state index contributed by atoms with van der Waals surface area (Å²) in [5.74, 6) is 2.21. The van der Waals surface area contributed by atoms with Gasteiger partial charge in [-0.1, -0.05) is 18.5 Å². The lowest BCUT2D eigenvalue weighted by atomic mass is 10.2. The van der Waals surface area contributed by atoms with Crippen LogP contribution < -0.4 is 5.32 Å². The van der Waals surface area contributed by atoms with Crippen LogP contribution >= 0.6 is 23.4 Å². The van der Waals surface area contributed by atoms with Crippen molar-refractivity contribution in [3.63, 3.8) is 0 Å². The van der Waals surface area contributed by atoms with Gasteiger partial charge in [0.15, 0.2) is 0 Å². The molecule has 0 fully saturated rings. The third-order valence-corrected chi connectivity index (χ3v) is 4.46. The summed E-state index contributed by atoms with van der Waals surface area (Å²) in [6.45, 7) is 4.03. The highest BCUT2D eigenvalue weighted by atomic mass is 35.5. The first-order chi connectivity index (χ1) is 9.10. The Morgan fingerprint density at radius 1 is 1.53 bits per heavy atom. The largest absolute Gasteiger partial charge is 0.311 e. The predicted octanol–water partition coefficient (Wildman–Crippen LogP) is 2.50. The van der Waals surface area contributed by atoms with E-state index in [0.29, 0.717) is 0 Å². The Kier molecular flexibility index (Phi) is 7.83. The van der Waals surface area contributed by atoms with E-state index in [4.69, 9.17) is 11.6 Å². The third-order valence-electron chi connectivity index (χ3n) is 2.90. The normalized spacial score (nSPS) is 13.2. The topological polar surface area (TPSA) is 33.1 Å². The molecule has 0 radical (unpaired) electrons. The smallest absolute Gasteiger partial charge is 0.0834 e. The van der Waals surface area contributed by atoms with Crippen molar-refractivity contribution in [2.75, 3.05) is 39.2 Å². The van der Waals surface area contributed by atoms with E-state index >= 15 is 0 Å². The van der Waals surface area contributed by atoms with Gasteiger partial charge in [-0.15, -0.1) is 0 Å². The number of thioether (sulfide) groups is 1. The zero-order valence-corrected chi connectivity index (χ0v) is 13.9. The van der Waals surface area contributed by atoms with Crippen molar-refractivity contribution in [3.8, 4) is 0 Å². The summed E-state index contributed by atoms with van der Waals surface area (Å²) < 4.78 is 2.02. The van der Waals surface area contributed by atoms with Gasteiger partial charge in [0.1, 0.15) is 0 Å². The van der Waals surface area contributed by atoms with Gasteiger partial charge < -0.3 is 10.2 Å². The standard InChI is InChI=1S/C13H25ClN4S/c1-5-8-19-10-12(15-2)13-11(14)9-16-18(13)7-6-17(3)4/h9,12,15H,5-8,10H2,1-4H3. The maximum absolute atomic E-state index is 6.30. The van der Waals surface area contributed by atoms with E-state index in [-0.39, 0.29) is 6.04 Å². The van der Waals surface area contributed by atoms with Gasteiger partial charge >= 0.3 is 0 Å². The summed E-state index contributed by atoms with van der Waals surface area (Å²) in [5.41, 5.74) is 1.11. The van der Waals surface area contributed by atoms with Crippen molar-refractivity contribution in [2.24, 2.45) is 0 Å². The van der Waals surface area contributed by atoms with E-state index in [9.17, 15) is 0 Å². The average Bonchev–Trinajstić information content (AvgIpc) is 2.74. The number of halogens is 1. The molecule has 0 spiro atoms. The van der Waals surface area contributed by atoms with Crippen molar-refractivity contribution in [2.45, 2.75) is 25.9 Å². The zero-order valence-electron chi connectivity index (χ0n) is 12.3. The lowest BCUT2D eigenvalue weighted by molar-refractivity contribution is 0.365. The van der Waals surface area contributed by atoms with Gasteiger partial charge in [-0.2, -0.15) is 16.9 Å². The highest BCUT2D eigenvalue weighted by Crippen LogP contribution is 2.25. The van der Waals surface area contributed by atoms with Crippen LogP contribution in [0.25, 0.3) is 0 Å². The fourth-order valence-electron chi connectivity index (χ4n) is 1.84. The van der Waals surface area contributed by atoms with E-state index in [1.807, 2.05) is 23.5 Å². The molecule has 1 aromatic rings. The van der Waals surface area contributed by atoms with Crippen LogP contribution in [-0.4, -0.2) is 53.9 Å². The number of nitrogens with one attached hydrogen (secondary N) is 1. The highest BCUT2D eigenvalue weighted by Gasteiger charge is 2.18. The van der Waals surface area contributed by atoms with Crippen molar-refractivity contribution in [1.29, 1.82) is 0 Å². The molecule has 0 amide bonds.